The minimum atomic E-state index is -0.278. The molecule has 88 valence electrons. The minimum absolute atomic E-state index is 0.256. The van der Waals surface area contributed by atoms with E-state index in [1.54, 1.807) is 0 Å². The molecule has 3 heteroatoms. The Balaban J connectivity index is 2.83. The van der Waals surface area contributed by atoms with E-state index < -0.39 is 0 Å². The molecule has 16 heavy (non-hydrogen) atoms. The van der Waals surface area contributed by atoms with Crippen molar-refractivity contribution in [2.45, 2.75) is 32.7 Å². The highest BCUT2D eigenvalue weighted by Gasteiger charge is 2.18. The van der Waals surface area contributed by atoms with Crippen LogP contribution in [0.2, 0.25) is 0 Å². The first-order valence-corrected chi connectivity index (χ1v) is 5.77. The Morgan fingerprint density at radius 3 is 2.50 bits per heavy atom. The van der Waals surface area contributed by atoms with Crippen molar-refractivity contribution in [3.05, 3.63) is 30.3 Å². The van der Waals surface area contributed by atoms with Crippen LogP contribution in [0.15, 0.2) is 30.3 Å². The van der Waals surface area contributed by atoms with Gasteiger partial charge in [0.1, 0.15) is 6.04 Å². The second-order valence-electron chi connectivity index (χ2n) is 3.96. The number of nitrogens with two attached hydrogens (primary N) is 1. The third kappa shape index (κ3) is 3.26. The first-order chi connectivity index (χ1) is 7.66. The van der Waals surface area contributed by atoms with Crippen LogP contribution in [-0.4, -0.2) is 18.5 Å². The van der Waals surface area contributed by atoms with Gasteiger partial charge in [-0.15, -0.1) is 0 Å². The van der Waals surface area contributed by atoms with E-state index in [1.165, 1.54) is 0 Å². The van der Waals surface area contributed by atoms with Gasteiger partial charge in [-0.3, -0.25) is 4.79 Å². The van der Waals surface area contributed by atoms with Crippen molar-refractivity contribution >= 4 is 11.6 Å². The van der Waals surface area contributed by atoms with E-state index in [2.05, 4.69) is 11.8 Å². The highest BCUT2D eigenvalue weighted by Crippen LogP contribution is 2.17. The summed E-state index contributed by atoms with van der Waals surface area (Å²) in [5, 5.41) is 0. The van der Waals surface area contributed by atoms with Gasteiger partial charge in [0.2, 0.25) is 5.91 Å². The summed E-state index contributed by atoms with van der Waals surface area (Å²) in [5.74, 6) is -0.278. The standard InChI is InChI=1S/C13H20N2O/c1-3-4-10-15(11(2)13(14)16)12-8-6-5-7-9-12/h5-9,11H,3-4,10H2,1-2H3,(H2,14,16)/t11-/m0/s1. The molecule has 0 unspecified atom stereocenters. The highest BCUT2D eigenvalue weighted by atomic mass is 16.1. The molecule has 0 aliphatic rings. The predicted octanol–water partition coefficient (Wildman–Crippen LogP) is 2.17. The summed E-state index contributed by atoms with van der Waals surface area (Å²) in [6.07, 6.45) is 2.17. The van der Waals surface area contributed by atoms with Crippen molar-refractivity contribution in [1.29, 1.82) is 0 Å². The van der Waals surface area contributed by atoms with Gasteiger partial charge >= 0.3 is 0 Å². The van der Waals surface area contributed by atoms with Gasteiger partial charge in [0, 0.05) is 12.2 Å². The lowest BCUT2D eigenvalue weighted by Gasteiger charge is -2.29. The average molecular weight is 220 g/mol. The quantitative estimate of drug-likeness (QED) is 0.798. The van der Waals surface area contributed by atoms with Crippen LogP contribution in [0, 0.1) is 0 Å². The van der Waals surface area contributed by atoms with Gasteiger partial charge in [0.25, 0.3) is 0 Å². The lowest BCUT2D eigenvalue weighted by Crippen LogP contribution is -2.43. The van der Waals surface area contributed by atoms with Crippen LogP contribution in [0.1, 0.15) is 26.7 Å². The maximum Gasteiger partial charge on any atom is 0.239 e. The van der Waals surface area contributed by atoms with Crippen molar-refractivity contribution in [2.24, 2.45) is 5.73 Å². The van der Waals surface area contributed by atoms with Crippen molar-refractivity contribution in [2.75, 3.05) is 11.4 Å². The summed E-state index contributed by atoms with van der Waals surface area (Å²) < 4.78 is 0. The number of amides is 1. The third-order valence-corrected chi connectivity index (χ3v) is 2.72. The number of carbonyl (C=O) groups excluding carboxylic acids is 1. The van der Waals surface area contributed by atoms with E-state index in [1.807, 2.05) is 37.3 Å². The van der Waals surface area contributed by atoms with E-state index in [0.29, 0.717) is 0 Å². The molecule has 0 aliphatic carbocycles. The second kappa shape index (κ2) is 6.16. The largest absolute Gasteiger partial charge is 0.368 e. The highest BCUT2D eigenvalue weighted by molar-refractivity contribution is 5.83. The molecule has 1 rings (SSSR count). The van der Waals surface area contributed by atoms with Crippen molar-refractivity contribution in [1.82, 2.24) is 0 Å². The number of para-hydroxylation sites is 1. The average Bonchev–Trinajstić information content (AvgIpc) is 2.30. The molecule has 1 aromatic rings. The number of primary amides is 1. The minimum Gasteiger partial charge on any atom is -0.368 e. The first-order valence-electron chi connectivity index (χ1n) is 5.77. The molecule has 1 atom stereocenters. The molecule has 2 N–H and O–H groups in total. The number of benzene rings is 1. The monoisotopic (exact) mass is 220 g/mol. The molecule has 3 nitrogen and oxygen atoms in total. The Morgan fingerprint density at radius 2 is 2.00 bits per heavy atom. The summed E-state index contributed by atoms with van der Waals surface area (Å²) in [7, 11) is 0. The van der Waals surface area contributed by atoms with Crippen LogP contribution in [0.25, 0.3) is 0 Å². The van der Waals surface area contributed by atoms with Gasteiger partial charge in [-0.1, -0.05) is 31.5 Å². The lowest BCUT2D eigenvalue weighted by molar-refractivity contribution is -0.118. The van der Waals surface area contributed by atoms with E-state index in [9.17, 15) is 4.79 Å². The zero-order valence-corrected chi connectivity index (χ0v) is 10.0. The molecule has 0 aliphatic heterocycles. The van der Waals surface area contributed by atoms with Gasteiger partial charge in [-0.25, -0.2) is 0 Å². The summed E-state index contributed by atoms with van der Waals surface area (Å²) >= 11 is 0. The molecule has 0 radical (unpaired) electrons. The van der Waals surface area contributed by atoms with Crippen molar-refractivity contribution in [3.63, 3.8) is 0 Å². The molecule has 1 aromatic carbocycles. The van der Waals surface area contributed by atoms with Gasteiger partial charge in [0.05, 0.1) is 0 Å². The zero-order valence-electron chi connectivity index (χ0n) is 10.0. The fourth-order valence-electron chi connectivity index (χ4n) is 1.65. The molecule has 0 saturated carbocycles. The van der Waals surface area contributed by atoms with E-state index >= 15 is 0 Å². The normalized spacial score (nSPS) is 12.1. The Kier molecular flexibility index (Phi) is 4.83. The SMILES string of the molecule is CCCCN(c1ccccc1)[C@@H](C)C(N)=O. The molecule has 0 spiro atoms. The van der Waals surface area contributed by atoms with Crippen molar-refractivity contribution < 1.29 is 4.79 Å². The fraction of sp³-hybridized carbons (Fsp3) is 0.462. The van der Waals surface area contributed by atoms with Gasteiger partial charge in [0.15, 0.2) is 0 Å². The number of rotatable bonds is 6. The number of anilines is 1. The number of unbranched alkanes of at least 4 members (excludes halogenated alkanes) is 1. The Hall–Kier alpha value is -1.51. The molecule has 1 amide bonds. The number of nitrogens with zero attached hydrogens (tertiary/aromatic N) is 1. The summed E-state index contributed by atoms with van der Waals surface area (Å²) in [5.41, 5.74) is 6.42. The molecule has 0 fully saturated rings. The molecule has 0 aromatic heterocycles. The van der Waals surface area contributed by atoms with Crippen LogP contribution in [-0.2, 0) is 4.79 Å². The summed E-state index contributed by atoms with van der Waals surface area (Å²) in [6, 6.07) is 9.68. The fourth-order valence-corrected chi connectivity index (χ4v) is 1.65. The van der Waals surface area contributed by atoms with Crippen LogP contribution in [0.5, 0.6) is 0 Å². The van der Waals surface area contributed by atoms with Gasteiger partial charge in [-0.2, -0.15) is 0 Å². The van der Waals surface area contributed by atoms with Gasteiger partial charge in [-0.05, 0) is 25.5 Å². The van der Waals surface area contributed by atoms with Crippen LogP contribution in [0.4, 0.5) is 5.69 Å². The van der Waals surface area contributed by atoms with Gasteiger partial charge < -0.3 is 10.6 Å². The van der Waals surface area contributed by atoms with Crippen LogP contribution in [0.3, 0.4) is 0 Å². The first kappa shape index (κ1) is 12.6. The summed E-state index contributed by atoms with van der Waals surface area (Å²) in [6.45, 7) is 4.85. The number of hydrogen-bond acceptors (Lipinski definition) is 2. The predicted molar refractivity (Wildman–Crippen MR) is 67.4 cm³/mol. The second-order valence-corrected chi connectivity index (χ2v) is 3.96. The lowest BCUT2D eigenvalue weighted by atomic mass is 10.2. The third-order valence-electron chi connectivity index (χ3n) is 2.72. The number of carbonyl (C=O) groups is 1. The van der Waals surface area contributed by atoms with E-state index in [0.717, 1.165) is 25.1 Å². The molecule has 0 heterocycles. The molecular formula is C13H20N2O. The van der Waals surface area contributed by atoms with E-state index in [4.69, 9.17) is 5.73 Å². The Bertz CT molecular complexity index is 324. The maximum atomic E-state index is 11.3. The summed E-state index contributed by atoms with van der Waals surface area (Å²) in [4.78, 5) is 13.3. The van der Waals surface area contributed by atoms with Crippen LogP contribution >= 0.6 is 0 Å². The Morgan fingerprint density at radius 1 is 1.38 bits per heavy atom. The Labute approximate surface area is 97.2 Å². The van der Waals surface area contributed by atoms with Crippen LogP contribution < -0.4 is 10.6 Å². The zero-order chi connectivity index (χ0) is 12.0. The molecule has 0 saturated heterocycles. The van der Waals surface area contributed by atoms with E-state index in [-0.39, 0.29) is 11.9 Å². The molecule has 0 bridgehead atoms. The smallest absolute Gasteiger partial charge is 0.239 e. The molecular weight excluding hydrogens is 200 g/mol. The van der Waals surface area contributed by atoms with Crippen molar-refractivity contribution in [3.8, 4) is 0 Å². The maximum absolute atomic E-state index is 11.3. The number of hydrogen-bond donors (Lipinski definition) is 1. The topological polar surface area (TPSA) is 46.3 Å².